The summed E-state index contributed by atoms with van der Waals surface area (Å²) < 4.78 is 26.6. The van der Waals surface area contributed by atoms with Gasteiger partial charge < -0.3 is 10.2 Å². The Bertz CT molecular complexity index is 402. The number of carbonyl (C=O) groups excluding carboxylic acids is 1. The van der Waals surface area contributed by atoms with Gasteiger partial charge in [-0.25, -0.2) is 8.78 Å². The summed E-state index contributed by atoms with van der Waals surface area (Å²) >= 11 is 0. The van der Waals surface area contributed by atoms with Crippen LogP contribution in [0.4, 0.5) is 14.5 Å². The molecule has 1 saturated heterocycles. The number of carbonyl (C=O) groups is 1. The molecule has 1 atom stereocenters. The van der Waals surface area contributed by atoms with Gasteiger partial charge in [-0.05, 0) is 18.6 Å². The summed E-state index contributed by atoms with van der Waals surface area (Å²) in [6, 6.07) is 3.08. The quantitative estimate of drug-likeness (QED) is 0.830. The molecule has 1 aliphatic rings. The molecular formula is C11H12F2N2O. The number of halogens is 2. The van der Waals surface area contributed by atoms with Crippen molar-refractivity contribution in [1.29, 1.82) is 0 Å². The van der Waals surface area contributed by atoms with Crippen LogP contribution >= 0.6 is 0 Å². The van der Waals surface area contributed by atoms with E-state index >= 15 is 0 Å². The number of nitrogens with one attached hydrogen (secondary N) is 1. The number of nitrogens with zero attached hydrogens (tertiary/aromatic N) is 1. The van der Waals surface area contributed by atoms with Crippen molar-refractivity contribution in [2.75, 3.05) is 18.9 Å². The van der Waals surface area contributed by atoms with Crippen molar-refractivity contribution < 1.29 is 13.6 Å². The SMILES string of the molecule is CN1CCC(Nc2c(F)cccc2F)C1=O. The third-order valence-corrected chi connectivity index (χ3v) is 2.71. The van der Waals surface area contributed by atoms with Gasteiger partial charge in [-0.15, -0.1) is 0 Å². The summed E-state index contributed by atoms with van der Waals surface area (Å²) in [7, 11) is 1.67. The molecule has 2 rings (SSSR count). The summed E-state index contributed by atoms with van der Waals surface area (Å²) in [6.45, 7) is 0.604. The third kappa shape index (κ3) is 1.85. The van der Waals surface area contributed by atoms with Gasteiger partial charge in [-0.3, -0.25) is 4.79 Å². The van der Waals surface area contributed by atoms with Gasteiger partial charge in [0.05, 0.1) is 0 Å². The van der Waals surface area contributed by atoms with Crippen molar-refractivity contribution >= 4 is 11.6 Å². The molecule has 1 aliphatic heterocycles. The smallest absolute Gasteiger partial charge is 0.244 e. The summed E-state index contributed by atoms with van der Waals surface area (Å²) in [4.78, 5) is 13.1. The van der Waals surface area contributed by atoms with Crippen LogP contribution in [0, 0.1) is 11.6 Å². The number of hydrogen-bond acceptors (Lipinski definition) is 2. The summed E-state index contributed by atoms with van der Waals surface area (Å²) in [6.07, 6.45) is 0.559. The van der Waals surface area contributed by atoms with E-state index in [2.05, 4.69) is 5.32 Å². The molecule has 1 N–H and O–H groups in total. The molecule has 1 fully saturated rings. The minimum Gasteiger partial charge on any atom is -0.369 e. The lowest BCUT2D eigenvalue weighted by molar-refractivity contribution is -0.127. The number of rotatable bonds is 2. The van der Waals surface area contributed by atoms with Gasteiger partial charge in [0.25, 0.3) is 0 Å². The van der Waals surface area contributed by atoms with E-state index in [9.17, 15) is 13.6 Å². The van der Waals surface area contributed by atoms with Crippen molar-refractivity contribution in [3.8, 4) is 0 Å². The van der Waals surface area contributed by atoms with E-state index in [0.29, 0.717) is 13.0 Å². The molecule has 0 bridgehead atoms. The summed E-state index contributed by atoms with van der Waals surface area (Å²) in [5.41, 5.74) is -0.226. The maximum atomic E-state index is 13.3. The zero-order chi connectivity index (χ0) is 11.7. The van der Waals surface area contributed by atoms with E-state index in [-0.39, 0.29) is 11.6 Å². The van der Waals surface area contributed by atoms with Gasteiger partial charge in [-0.2, -0.15) is 0 Å². The minimum atomic E-state index is -0.678. The van der Waals surface area contributed by atoms with Crippen molar-refractivity contribution in [2.24, 2.45) is 0 Å². The maximum absolute atomic E-state index is 13.3. The number of benzene rings is 1. The van der Waals surface area contributed by atoms with Crippen LogP contribution in [-0.4, -0.2) is 30.4 Å². The van der Waals surface area contributed by atoms with Gasteiger partial charge in [0.1, 0.15) is 23.4 Å². The van der Waals surface area contributed by atoms with E-state index in [0.717, 1.165) is 12.1 Å². The molecule has 0 aliphatic carbocycles. The van der Waals surface area contributed by atoms with Gasteiger partial charge >= 0.3 is 0 Å². The zero-order valence-electron chi connectivity index (χ0n) is 8.84. The highest BCUT2D eigenvalue weighted by Crippen LogP contribution is 2.22. The van der Waals surface area contributed by atoms with Crippen LogP contribution in [0.3, 0.4) is 0 Å². The lowest BCUT2D eigenvalue weighted by Crippen LogP contribution is -2.31. The standard InChI is InChI=1S/C11H12F2N2O/c1-15-6-5-9(11(15)16)14-10-7(12)3-2-4-8(10)13/h2-4,9,14H,5-6H2,1H3. The number of likely N-dealkylation sites (N-methyl/N-ethyl adjacent to an activating group) is 1. The van der Waals surface area contributed by atoms with Gasteiger partial charge in [-0.1, -0.05) is 6.07 Å². The molecule has 0 aromatic heterocycles. The topological polar surface area (TPSA) is 32.3 Å². The van der Waals surface area contributed by atoms with E-state index in [4.69, 9.17) is 0 Å². The van der Waals surface area contributed by atoms with Crippen LogP contribution in [0.15, 0.2) is 18.2 Å². The van der Waals surface area contributed by atoms with Gasteiger partial charge in [0.2, 0.25) is 5.91 Å². The Labute approximate surface area is 92.1 Å². The van der Waals surface area contributed by atoms with Crippen molar-refractivity contribution in [3.63, 3.8) is 0 Å². The maximum Gasteiger partial charge on any atom is 0.244 e. The van der Waals surface area contributed by atoms with Crippen LogP contribution in [0.2, 0.25) is 0 Å². The predicted molar refractivity (Wildman–Crippen MR) is 56.0 cm³/mol. The van der Waals surface area contributed by atoms with Gasteiger partial charge in [0, 0.05) is 13.6 Å². The first kappa shape index (κ1) is 10.9. The Balaban J connectivity index is 2.19. The Morgan fingerprint density at radius 3 is 2.50 bits per heavy atom. The molecule has 0 spiro atoms. The van der Waals surface area contributed by atoms with E-state index in [1.165, 1.54) is 11.0 Å². The van der Waals surface area contributed by atoms with E-state index in [1.54, 1.807) is 7.05 Å². The van der Waals surface area contributed by atoms with Crippen LogP contribution in [0.1, 0.15) is 6.42 Å². The second-order valence-corrected chi connectivity index (χ2v) is 3.84. The third-order valence-electron chi connectivity index (χ3n) is 2.71. The summed E-state index contributed by atoms with van der Waals surface area (Å²) in [5.74, 6) is -1.49. The van der Waals surface area contributed by atoms with Crippen LogP contribution in [-0.2, 0) is 4.79 Å². The highest BCUT2D eigenvalue weighted by molar-refractivity contribution is 5.86. The largest absolute Gasteiger partial charge is 0.369 e. The predicted octanol–water partition coefficient (Wildman–Crippen LogP) is 1.61. The molecule has 5 heteroatoms. The monoisotopic (exact) mass is 226 g/mol. The molecule has 86 valence electrons. The Hall–Kier alpha value is -1.65. The number of anilines is 1. The van der Waals surface area contributed by atoms with Gasteiger partial charge in [0.15, 0.2) is 0 Å². The average Bonchev–Trinajstić information content (AvgIpc) is 2.55. The number of hydrogen-bond donors (Lipinski definition) is 1. The molecule has 3 nitrogen and oxygen atoms in total. The van der Waals surface area contributed by atoms with Crippen molar-refractivity contribution in [1.82, 2.24) is 4.90 Å². The molecule has 0 radical (unpaired) electrons. The zero-order valence-corrected chi connectivity index (χ0v) is 8.84. The molecule has 0 saturated carbocycles. The lowest BCUT2D eigenvalue weighted by atomic mass is 10.2. The first-order valence-corrected chi connectivity index (χ1v) is 5.05. The Kier molecular flexibility index (Phi) is 2.77. The first-order chi connectivity index (χ1) is 7.59. The van der Waals surface area contributed by atoms with E-state index < -0.39 is 17.7 Å². The Morgan fingerprint density at radius 1 is 1.38 bits per heavy atom. The highest BCUT2D eigenvalue weighted by atomic mass is 19.1. The normalized spacial score (nSPS) is 20.3. The molecule has 16 heavy (non-hydrogen) atoms. The minimum absolute atomic E-state index is 0.136. The van der Waals surface area contributed by atoms with E-state index in [1.807, 2.05) is 0 Å². The second kappa shape index (κ2) is 4.08. The van der Waals surface area contributed by atoms with Crippen LogP contribution < -0.4 is 5.32 Å². The molecule has 1 aromatic carbocycles. The Morgan fingerprint density at radius 2 is 2.00 bits per heavy atom. The molecule has 1 heterocycles. The fourth-order valence-electron chi connectivity index (χ4n) is 1.77. The number of likely N-dealkylation sites (tertiary alicyclic amines) is 1. The summed E-state index contributed by atoms with van der Waals surface area (Å²) in [5, 5.41) is 2.62. The average molecular weight is 226 g/mol. The van der Waals surface area contributed by atoms with Crippen LogP contribution in [0.5, 0.6) is 0 Å². The van der Waals surface area contributed by atoms with Crippen molar-refractivity contribution in [2.45, 2.75) is 12.5 Å². The molecular weight excluding hydrogens is 214 g/mol. The number of amides is 1. The fraction of sp³-hybridized carbons (Fsp3) is 0.364. The molecule has 1 unspecified atom stereocenters. The number of para-hydroxylation sites is 1. The van der Waals surface area contributed by atoms with Crippen molar-refractivity contribution in [3.05, 3.63) is 29.8 Å². The molecule has 1 aromatic rings. The lowest BCUT2D eigenvalue weighted by Gasteiger charge is -2.14. The highest BCUT2D eigenvalue weighted by Gasteiger charge is 2.30. The second-order valence-electron chi connectivity index (χ2n) is 3.84. The van der Waals surface area contributed by atoms with Crippen LogP contribution in [0.25, 0.3) is 0 Å². The molecule has 1 amide bonds. The fourth-order valence-corrected chi connectivity index (χ4v) is 1.77. The first-order valence-electron chi connectivity index (χ1n) is 5.05.